The fourth-order valence-electron chi connectivity index (χ4n) is 3.11. The lowest BCUT2D eigenvalue weighted by atomic mass is 9.92. The van der Waals surface area contributed by atoms with Crippen LogP contribution < -0.4 is 0 Å². The van der Waals surface area contributed by atoms with Crippen LogP contribution in [0, 0.1) is 0 Å². The minimum atomic E-state index is -1.10. The summed E-state index contributed by atoms with van der Waals surface area (Å²) in [4.78, 5) is 13.0. The second-order valence-electron chi connectivity index (χ2n) is 9.95. The first-order chi connectivity index (χ1) is 11.5. The van der Waals surface area contributed by atoms with Gasteiger partial charge in [0.2, 0.25) is 0 Å². The Kier molecular flexibility index (Phi) is 8.83. The summed E-state index contributed by atoms with van der Waals surface area (Å²) >= 11 is 0. The van der Waals surface area contributed by atoms with Gasteiger partial charge in [-0.15, -0.1) is 0 Å². The number of rotatable bonds is 11. The molecule has 0 aliphatic heterocycles. The lowest BCUT2D eigenvalue weighted by Gasteiger charge is -2.20. The molecular weight excluding hydrogens is 336 g/mol. The fourth-order valence-corrected chi connectivity index (χ4v) is 5.15. The average Bonchev–Trinajstić information content (AvgIpc) is 2.49. The van der Waals surface area contributed by atoms with Crippen LogP contribution in [-0.2, 0) is 12.8 Å². The molecule has 0 saturated heterocycles. The van der Waals surface area contributed by atoms with Crippen LogP contribution in [0.2, 0.25) is 51.4 Å². The van der Waals surface area contributed by atoms with Gasteiger partial charge in [0.05, 0.1) is 0 Å². The molecule has 0 saturated carbocycles. The predicted octanol–water partition coefficient (Wildman–Crippen LogP) is 7.21. The standard InChI is InChI=1S/C22H40OSi2/c1-8-9-10-14-21(23)22-19(15-17-24(2,3)4)12-11-13-20(22)16-18-25(5,6)7/h11-13H,8-10,14-18H2,1-7H3. The van der Waals surface area contributed by atoms with Crippen molar-refractivity contribution in [3.8, 4) is 0 Å². The molecule has 0 fully saturated rings. The van der Waals surface area contributed by atoms with E-state index in [2.05, 4.69) is 64.4 Å². The van der Waals surface area contributed by atoms with E-state index in [0.29, 0.717) is 5.78 Å². The summed E-state index contributed by atoms with van der Waals surface area (Å²) in [5.74, 6) is 0.394. The zero-order chi connectivity index (χ0) is 19.1. The molecule has 0 aliphatic carbocycles. The normalized spacial score (nSPS) is 12.4. The molecule has 3 heteroatoms. The Bertz CT molecular complexity index is 514. The molecule has 0 bridgehead atoms. The molecule has 25 heavy (non-hydrogen) atoms. The van der Waals surface area contributed by atoms with Crippen LogP contribution >= 0.6 is 0 Å². The molecule has 0 radical (unpaired) electrons. The van der Waals surface area contributed by atoms with Crippen LogP contribution in [-0.4, -0.2) is 21.9 Å². The maximum absolute atomic E-state index is 13.0. The minimum absolute atomic E-state index is 0.394. The van der Waals surface area contributed by atoms with E-state index in [0.717, 1.165) is 37.7 Å². The van der Waals surface area contributed by atoms with Crippen LogP contribution in [0.1, 0.15) is 54.1 Å². The summed E-state index contributed by atoms with van der Waals surface area (Å²) in [5.41, 5.74) is 3.73. The molecule has 0 N–H and O–H groups in total. The van der Waals surface area contributed by atoms with Crippen molar-refractivity contribution < 1.29 is 4.79 Å². The molecule has 1 aromatic carbocycles. The molecule has 0 heterocycles. The zero-order valence-electron chi connectivity index (χ0n) is 17.8. The van der Waals surface area contributed by atoms with E-state index in [-0.39, 0.29) is 0 Å². The smallest absolute Gasteiger partial charge is 0.163 e. The minimum Gasteiger partial charge on any atom is -0.294 e. The first-order valence-electron chi connectivity index (χ1n) is 10.2. The van der Waals surface area contributed by atoms with Gasteiger partial charge in [-0.05, 0) is 30.4 Å². The lowest BCUT2D eigenvalue weighted by molar-refractivity contribution is 0.0977. The number of hydrogen-bond acceptors (Lipinski definition) is 1. The number of carbonyl (C=O) groups excluding carboxylic acids is 1. The molecular formula is C22H40OSi2. The molecule has 0 spiro atoms. The second kappa shape index (κ2) is 9.87. The summed E-state index contributed by atoms with van der Waals surface area (Å²) < 4.78 is 0. The van der Waals surface area contributed by atoms with Crippen molar-refractivity contribution >= 4 is 21.9 Å². The van der Waals surface area contributed by atoms with Gasteiger partial charge in [0.1, 0.15) is 0 Å². The Hall–Kier alpha value is -0.676. The third kappa shape index (κ3) is 9.00. The number of hydrogen-bond donors (Lipinski definition) is 0. The largest absolute Gasteiger partial charge is 0.294 e. The van der Waals surface area contributed by atoms with Gasteiger partial charge in [-0.2, -0.15) is 0 Å². The van der Waals surface area contributed by atoms with Crippen LogP contribution in [0.5, 0.6) is 0 Å². The van der Waals surface area contributed by atoms with E-state index in [1.807, 2.05) is 0 Å². The third-order valence-electron chi connectivity index (χ3n) is 4.81. The van der Waals surface area contributed by atoms with Gasteiger partial charge in [-0.1, -0.05) is 89.3 Å². The highest BCUT2D eigenvalue weighted by Gasteiger charge is 2.20. The zero-order valence-corrected chi connectivity index (χ0v) is 19.8. The first-order valence-corrected chi connectivity index (χ1v) is 17.6. The summed E-state index contributed by atoms with van der Waals surface area (Å²) in [6, 6.07) is 9.14. The summed E-state index contributed by atoms with van der Waals surface area (Å²) in [7, 11) is -2.20. The number of Topliss-reactive ketones (excluding diaryl/α,β-unsaturated/α-hetero) is 1. The Morgan fingerprint density at radius 3 is 1.72 bits per heavy atom. The van der Waals surface area contributed by atoms with E-state index in [9.17, 15) is 4.79 Å². The average molecular weight is 377 g/mol. The lowest BCUT2D eigenvalue weighted by Crippen LogP contribution is -2.22. The van der Waals surface area contributed by atoms with E-state index in [4.69, 9.17) is 0 Å². The van der Waals surface area contributed by atoms with E-state index in [1.54, 1.807) is 0 Å². The van der Waals surface area contributed by atoms with Crippen molar-refractivity contribution in [2.75, 3.05) is 0 Å². The predicted molar refractivity (Wildman–Crippen MR) is 119 cm³/mol. The maximum atomic E-state index is 13.0. The van der Waals surface area contributed by atoms with Crippen molar-refractivity contribution in [1.82, 2.24) is 0 Å². The van der Waals surface area contributed by atoms with Crippen molar-refractivity contribution in [3.63, 3.8) is 0 Å². The van der Waals surface area contributed by atoms with Gasteiger partial charge in [-0.25, -0.2) is 0 Å². The Morgan fingerprint density at radius 2 is 1.32 bits per heavy atom. The molecule has 0 aliphatic rings. The Morgan fingerprint density at radius 1 is 0.840 bits per heavy atom. The van der Waals surface area contributed by atoms with Gasteiger partial charge in [0, 0.05) is 28.1 Å². The molecule has 0 unspecified atom stereocenters. The molecule has 1 rings (SSSR count). The molecule has 1 nitrogen and oxygen atoms in total. The van der Waals surface area contributed by atoms with Crippen molar-refractivity contribution in [2.45, 2.75) is 96.8 Å². The second-order valence-corrected chi connectivity index (χ2v) is 21.2. The molecule has 0 aromatic heterocycles. The molecule has 0 atom stereocenters. The van der Waals surface area contributed by atoms with Crippen molar-refractivity contribution in [2.24, 2.45) is 0 Å². The fraction of sp³-hybridized carbons (Fsp3) is 0.682. The van der Waals surface area contributed by atoms with Crippen LogP contribution in [0.25, 0.3) is 0 Å². The van der Waals surface area contributed by atoms with Crippen molar-refractivity contribution in [3.05, 3.63) is 34.9 Å². The third-order valence-corrected chi connectivity index (χ3v) is 8.31. The number of aryl methyl sites for hydroxylation is 2. The van der Waals surface area contributed by atoms with E-state index in [1.165, 1.54) is 29.6 Å². The highest BCUT2D eigenvalue weighted by molar-refractivity contribution is 6.76. The van der Waals surface area contributed by atoms with Gasteiger partial charge < -0.3 is 0 Å². The van der Waals surface area contributed by atoms with Gasteiger partial charge in [0.25, 0.3) is 0 Å². The molecule has 142 valence electrons. The van der Waals surface area contributed by atoms with Gasteiger partial charge >= 0.3 is 0 Å². The summed E-state index contributed by atoms with van der Waals surface area (Å²) in [6.07, 6.45) is 6.24. The monoisotopic (exact) mass is 376 g/mol. The number of benzene rings is 1. The first kappa shape index (κ1) is 22.4. The van der Waals surface area contributed by atoms with Crippen LogP contribution in [0.4, 0.5) is 0 Å². The Balaban J connectivity index is 3.06. The molecule has 1 aromatic rings. The maximum Gasteiger partial charge on any atom is 0.163 e. The van der Waals surface area contributed by atoms with Gasteiger partial charge in [-0.3, -0.25) is 4.79 Å². The molecule has 0 amide bonds. The SMILES string of the molecule is CCCCCC(=O)c1c(CC[Si](C)(C)C)cccc1CC[Si](C)(C)C. The topological polar surface area (TPSA) is 17.1 Å². The number of unbranched alkanes of at least 4 members (excludes halogenated alkanes) is 2. The van der Waals surface area contributed by atoms with Gasteiger partial charge in [0.15, 0.2) is 5.78 Å². The van der Waals surface area contributed by atoms with Crippen molar-refractivity contribution in [1.29, 1.82) is 0 Å². The number of carbonyl (C=O) groups is 1. The van der Waals surface area contributed by atoms with Crippen LogP contribution in [0.15, 0.2) is 18.2 Å². The van der Waals surface area contributed by atoms with E-state index >= 15 is 0 Å². The summed E-state index contributed by atoms with van der Waals surface area (Å²) in [6.45, 7) is 16.7. The highest BCUT2D eigenvalue weighted by atomic mass is 28.3. The number of ketones is 1. The summed E-state index contributed by atoms with van der Waals surface area (Å²) in [5, 5.41) is 0. The van der Waals surface area contributed by atoms with E-state index < -0.39 is 16.1 Å². The quantitative estimate of drug-likeness (QED) is 0.226. The van der Waals surface area contributed by atoms with Crippen LogP contribution in [0.3, 0.4) is 0 Å². The highest BCUT2D eigenvalue weighted by Crippen LogP contribution is 2.25. The Labute approximate surface area is 158 Å².